The molecule has 1 saturated heterocycles. The Hall–Kier alpha value is -4.05. The highest BCUT2D eigenvalue weighted by Crippen LogP contribution is 2.44. The first kappa shape index (κ1) is 30.4. The summed E-state index contributed by atoms with van der Waals surface area (Å²) in [6.07, 6.45) is -3.22. The van der Waals surface area contributed by atoms with Crippen molar-refractivity contribution in [2.75, 3.05) is 26.7 Å². The summed E-state index contributed by atoms with van der Waals surface area (Å²) in [5, 5.41) is 22.6. The van der Waals surface area contributed by atoms with Gasteiger partial charge in [0.05, 0.1) is 26.6 Å². The van der Waals surface area contributed by atoms with Gasteiger partial charge in [-0.3, -0.25) is 9.69 Å². The van der Waals surface area contributed by atoms with Crippen molar-refractivity contribution >= 4 is 33.9 Å². The number of aliphatic hydroxyl groups is 1. The van der Waals surface area contributed by atoms with Crippen LogP contribution in [0.5, 0.6) is 11.5 Å². The Morgan fingerprint density at radius 3 is 2.53 bits per heavy atom. The van der Waals surface area contributed by atoms with Gasteiger partial charge in [0.15, 0.2) is 17.2 Å². The van der Waals surface area contributed by atoms with Crippen molar-refractivity contribution in [2.24, 2.45) is 0 Å². The van der Waals surface area contributed by atoms with Crippen LogP contribution in [-0.2, 0) is 23.4 Å². The van der Waals surface area contributed by atoms with Crippen molar-refractivity contribution in [1.29, 1.82) is 0 Å². The molecule has 2 aromatic carbocycles. The molecule has 1 fully saturated rings. The lowest BCUT2D eigenvalue weighted by atomic mass is 9.91. The maximum absolute atomic E-state index is 14.8. The molecule has 0 spiro atoms. The number of nitrogens with zero attached hydrogens (tertiary/aromatic N) is 3. The first-order valence-corrected chi connectivity index (χ1v) is 14.5. The maximum Gasteiger partial charge on any atom is 0.422 e. The Morgan fingerprint density at radius 2 is 1.91 bits per heavy atom. The third-order valence-corrected chi connectivity index (χ3v) is 8.54. The van der Waals surface area contributed by atoms with Crippen LogP contribution >= 0.6 is 11.3 Å². The molecule has 2 aromatic heterocycles. The molecule has 1 aliphatic heterocycles. The number of rotatable bonds is 10. The highest BCUT2D eigenvalue weighted by Gasteiger charge is 2.57. The number of thiophene rings is 1. The number of hydrogen-bond acceptors (Lipinski definition) is 6. The first-order chi connectivity index (χ1) is 20.5. The largest absolute Gasteiger partial charge is 0.493 e. The molecule has 226 valence electrons. The van der Waals surface area contributed by atoms with Crippen LogP contribution in [0.2, 0.25) is 0 Å². The van der Waals surface area contributed by atoms with E-state index in [2.05, 4.69) is 4.85 Å². The molecule has 0 bridgehead atoms. The van der Waals surface area contributed by atoms with E-state index < -0.39 is 24.3 Å². The minimum atomic E-state index is -4.97. The summed E-state index contributed by atoms with van der Waals surface area (Å²) >= 11 is 1.48. The monoisotopic (exact) mass is 613 g/mol. The van der Waals surface area contributed by atoms with Gasteiger partial charge in [-0.2, -0.15) is 13.2 Å². The second-order valence-corrected chi connectivity index (χ2v) is 11.6. The number of carbonyl (C=O) groups is 1. The fraction of sp³-hybridized carbons (Fsp3) is 0.355. The van der Waals surface area contributed by atoms with E-state index in [1.165, 1.54) is 36.8 Å². The number of methoxy groups -OCH3 is 1. The minimum absolute atomic E-state index is 0.162. The number of hydrogen-bond donors (Lipinski definition) is 2. The van der Waals surface area contributed by atoms with Crippen LogP contribution in [0.25, 0.3) is 15.7 Å². The van der Waals surface area contributed by atoms with Crippen molar-refractivity contribution in [1.82, 2.24) is 9.47 Å². The van der Waals surface area contributed by atoms with Gasteiger partial charge in [-0.25, -0.2) is 4.85 Å². The van der Waals surface area contributed by atoms with E-state index in [0.717, 1.165) is 4.88 Å². The normalized spacial score (nSPS) is 16.1. The SMILES string of the molecule is [C-]#[N+]c1ccc2c(C(O)(CN3CCC(Oc4ccc(CC(=O)O)cc4OC)CC3)C(F)(F)F)cn(Cc3cccs3)c2c1. The van der Waals surface area contributed by atoms with E-state index in [9.17, 15) is 23.1 Å². The molecule has 0 amide bonds. The molecule has 12 heteroatoms. The Balaban J connectivity index is 1.36. The third-order valence-electron chi connectivity index (χ3n) is 7.68. The number of β-amino-alcohol motifs (C(OH)–C–C–N with tert-alkyl or cyclic N) is 1. The lowest BCUT2D eigenvalue weighted by Gasteiger charge is -2.39. The Labute approximate surface area is 250 Å². The van der Waals surface area contributed by atoms with E-state index in [1.54, 1.807) is 33.7 Å². The fourth-order valence-electron chi connectivity index (χ4n) is 5.49. The van der Waals surface area contributed by atoms with E-state index in [-0.39, 0.29) is 36.6 Å². The summed E-state index contributed by atoms with van der Waals surface area (Å²) in [7, 11) is 1.45. The van der Waals surface area contributed by atoms with Gasteiger partial charge in [0.25, 0.3) is 0 Å². The van der Waals surface area contributed by atoms with E-state index in [4.69, 9.17) is 21.2 Å². The van der Waals surface area contributed by atoms with Crippen LogP contribution < -0.4 is 9.47 Å². The van der Waals surface area contributed by atoms with E-state index >= 15 is 0 Å². The molecule has 1 atom stereocenters. The van der Waals surface area contributed by atoms with Crippen molar-refractivity contribution in [2.45, 2.75) is 43.7 Å². The zero-order valence-corrected chi connectivity index (χ0v) is 24.1. The molecule has 0 aliphatic carbocycles. The van der Waals surface area contributed by atoms with Gasteiger partial charge in [0, 0.05) is 47.2 Å². The maximum atomic E-state index is 14.8. The summed E-state index contributed by atoms with van der Waals surface area (Å²) in [6.45, 7) is 7.55. The number of carboxylic acids is 1. The molecule has 2 N–H and O–H groups in total. The summed E-state index contributed by atoms with van der Waals surface area (Å²) in [4.78, 5) is 17.0. The number of fused-ring (bicyclic) bond motifs is 1. The lowest BCUT2D eigenvalue weighted by molar-refractivity contribution is -0.272. The van der Waals surface area contributed by atoms with Gasteiger partial charge in [0.1, 0.15) is 6.10 Å². The standard InChI is InChI=1S/C31H30F3N3O5S/c1-35-21-6-7-24-25(18-37(26(24)16-21)17-23-4-3-13-43-23)30(40,31(32,33)34)19-36-11-9-22(10-12-36)42-27-8-5-20(15-29(38)39)14-28(27)41-2/h3-8,13-14,16,18,22,40H,9-12,15,17,19H2,2H3,(H,38,39). The summed E-state index contributed by atoms with van der Waals surface area (Å²) in [5.74, 6) is -0.158. The molecule has 4 aromatic rings. The Morgan fingerprint density at radius 1 is 1.14 bits per heavy atom. The molecule has 8 nitrogen and oxygen atoms in total. The van der Waals surface area contributed by atoms with Gasteiger partial charge in [-0.05, 0) is 48.1 Å². The molecule has 0 saturated carbocycles. The third kappa shape index (κ3) is 6.49. The lowest BCUT2D eigenvalue weighted by Crippen LogP contribution is -2.53. The zero-order chi connectivity index (χ0) is 30.8. The van der Waals surface area contributed by atoms with Crippen molar-refractivity contribution < 1.29 is 37.7 Å². The summed E-state index contributed by atoms with van der Waals surface area (Å²) < 4.78 is 57.4. The van der Waals surface area contributed by atoms with Crippen molar-refractivity contribution in [3.05, 3.63) is 87.5 Å². The summed E-state index contributed by atoms with van der Waals surface area (Å²) in [6, 6.07) is 13.1. The minimum Gasteiger partial charge on any atom is -0.493 e. The topological polar surface area (TPSA) is 88.5 Å². The number of aromatic nitrogens is 1. The predicted octanol–water partition coefficient (Wildman–Crippen LogP) is 6.23. The van der Waals surface area contributed by atoms with Gasteiger partial charge >= 0.3 is 12.1 Å². The molecule has 3 heterocycles. The molecule has 0 radical (unpaired) electrons. The highest BCUT2D eigenvalue weighted by molar-refractivity contribution is 7.09. The number of alkyl halides is 3. The van der Waals surface area contributed by atoms with Gasteiger partial charge < -0.3 is 24.3 Å². The average Bonchev–Trinajstić information content (AvgIpc) is 3.62. The number of piperidine rings is 1. The van der Waals surface area contributed by atoms with Crippen LogP contribution in [0.3, 0.4) is 0 Å². The van der Waals surface area contributed by atoms with Crippen molar-refractivity contribution in [3.63, 3.8) is 0 Å². The van der Waals surface area contributed by atoms with Gasteiger partial charge in [0.2, 0.25) is 5.60 Å². The average molecular weight is 614 g/mol. The van der Waals surface area contributed by atoms with E-state index in [0.29, 0.717) is 47.7 Å². The Kier molecular flexibility index (Phi) is 8.69. The van der Waals surface area contributed by atoms with Gasteiger partial charge in [-0.1, -0.05) is 24.3 Å². The molecule has 43 heavy (non-hydrogen) atoms. The molecular weight excluding hydrogens is 583 g/mol. The van der Waals surface area contributed by atoms with Crippen molar-refractivity contribution in [3.8, 4) is 11.5 Å². The van der Waals surface area contributed by atoms with Crippen LogP contribution in [-0.4, -0.2) is 64.7 Å². The Bertz CT molecular complexity index is 1640. The summed E-state index contributed by atoms with van der Waals surface area (Å²) in [5.41, 5.74) is -2.08. The highest BCUT2D eigenvalue weighted by atomic mass is 32.1. The fourth-order valence-corrected chi connectivity index (χ4v) is 6.19. The molecular formula is C31H30F3N3O5S. The van der Waals surface area contributed by atoms with Crippen LogP contribution in [0.4, 0.5) is 18.9 Å². The number of halogens is 3. The first-order valence-electron chi connectivity index (χ1n) is 13.6. The number of carboxylic acid groups (broad SMARTS) is 1. The number of benzene rings is 2. The van der Waals surface area contributed by atoms with Crippen LogP contribution in [0.15, 0.2) is 60.1 Å². The molecule has 1 unspecified atom stereocenters. The number of ether oxygens (including phenoxy) is 2. The number of aliphatic carboxylic acids is 1. The van der Waals surface area contributed by atoms with Crippen LogP contribution in [0.1, 0.15) is 28.8 Å². The zero-order valence-electron chi connectivity index (χ0n) is 23.3. The van der Waals surface area contributed by atoms with Gasteiger partial charge in [-0.15, -0.1) is 11.3 Å². The second kappa shape index (κ2) is 12.3. The predicted molar refractivity (Wildman–Crippen MR) is 156 cm³/mol. The quantitative estimate of drug-likeness (QED) is 0.206. The number of likely N-dealkylation sites (tertiary alicyclic amines) is 1. The second-order valence-electron chi connectivity index (χ2n) is 10.6. The smallest absolute Gasteiger partial charge is 0.422 e. The van der Waals surface area contributed by atoms with E-state index in [1.807, 2.05) is 17.5 Å². The molecule has 5 rings (SSSR count). The van der Waals surface area contributed by atoms with Crippen LogP contribution in [0, 0.1) is 6.57 Å². The molecule has 1 aliphatic rings.